The van der Waals surface area contributed by atoms with Gasteiger partial charge in [0.2, 0.25) is 0 Å². The first-order valence-corrected chi connectivity index (χ1v) is 9.10. The molecule has 1 unspecified atom stereocenters. The fourth-order valence-electron chi connectivity index (χ4n) is 2.95. The van der Waals surface area contributed by atoms with Gasteiger partial charge in [-0.2, -0.15) is 0 Å². The first-order valence-electron chi connectivity index (χ1n) is 8.28. The summed E-state index contributed by atoms with van der Waals surface area (Å²) < 4.78 is 0. The van der Waals surface area contributed by atoms with E-state index in [-0.39, 0.29) is 0 Å². The standard InChI is InChI=1S/C16H30N4S/c1-5-17-13-9-7-10-14-15(13)21-16(18-14)20(6-2)12-8-11-19(3)4/h13,17H,5-12H2,1-4H3. The van der Waals surface area contributed by atoms with Crippen molar-refractivity contribution in [2.45, 2.75) is 45.6 Å². The lowest BCUT2D eigenvalue weighted by Gasteiger charge is -2.21. The van der Waals surface area contributed by atoms with Crippen molar-refractivity contribution in [1.82, 2.24) is 15.2 Å². The second-order valence-corrected chi connectivity index (χ2v) is 7.06. The van der Waals surface area contributed by atoms with Crippen LogP contribution in [0, 0.1) is 0 Å². The van der Waals surface area contributed by atoms with Gasteiger partial charge in [0.25, 0.3) is 0 Å². The molecule has 0 spiro atoms. The Kier molecular flexibility index (Phi) is 6.45. The Morgan fingerprint density at radius 1 is 1.29 bits per heavy atom. The Hall–Kier alpha value is -0.650. The van der Waals surface area contributed by atoms with Crippen molar-refractivity contribution < 1.29 is 0 Å². The van der Waals surface area contributed by atoms with Gasteiger partial charge in [0.15, 0.2) is 5.13 Å². The van der Waals surface area contributed by atoms with Crippen molar-refractivity contribution in [2.24, 2.45) is 0 Å². The van der Waals surface area contributed by atoms with Gasteiger partial charge in [-0.05, 0) is 59.8 Å². The Morgan fingerprint density at radius 3 is 2.76 bits per heavy atom. The van der Waals surface area contributed by atoms with Gasteiger partial charge in [-0.15, -0.1) is 0 Å². The van der Waals surface area contributed by atoms with Crippen LogP contribution in [0.25, 0.3) is 0 Å². The van der Waals surface area contributed by atoms with E-state index in [1.807, 2.05) is 11.3 Å². The lowest BCUT2D eigenvalue weighted by Crippen LogP contribution is -2.26. The second kappa shape index (κ2) is 8.11. The van der Waals surface area contributed by atoms with Crippen LogP contribution in [0.4, 0.5) is 5.13 Å². The fraction of sp³-hybridized carbons (Fsp3) is 0.812. The fourth-order valence-corrected chi connectivity index (χ4v) is 4.26. The Balaban J connectivity index is 2.05. The highest BCUT2D eigenvalue weighted by Crippen LogP contribution is 2.37. The van der Waals surface area contributed by atoms with Gasteiger partial charge < -0.3 is 15.1 Å². The molecule has 0 saturated heterocycles. The maximum atomic E-state index is 4.94. The third-order valence-electron chi connectivity index (χ3n) is 4.08. The SMILES string of the molecule is CCNC1CCCc2nc(N(CC)CCCN(C)C)sc21. The van der Waals surface area contributed by atoms with Gasteiger partial charge >= 0.3 is 0 Å². The average Bonchev–Trinajstić information content (AvgIpc) is 2.88. The topological polar surface area (TPSA) is 31.4 Å². The molecular weight excluding hydrogens is 280 g/mol. The molecule has 0 bridgehead atoms. The van der Waals surface area contributed by atoms with Crippen LogP contribution >= 0.6 is 11.3 Å². The van der Waals surface area contributed by atoms with E-state index in [4.69, 9.17) is 4.98 Å². The molecule has 1 aliphatic carbocycles. The molecule has 1 heterocycles. The molecule has 0 aromatic carbocycles. The first kappa shape index (κ1) is 16.7. The molecule has 1 atom stereocenters. The molecule has 0 amide bonds. The van der Waals surface area contributed by atoms with E-state index in [1.54, 1.807) is 0 Å². The molecule has 120 valence electrons. The van der Waals surface area contributed by atoms with Crippen LogP contribution in [0.2, 0.25) is 0 Å². The van der Waals surface area contributed by atoms with E-state index in [0.29, 0.717) is 6.04 Å². The van der Waals surface area contributed by atoms with E-state index < -0.39 is 0 Å². The van der Waals surface area contributed by atoms with Crippen LogP contribution in [0.15, 0.2) is 0 Å². The molecule has 1 aromatic rings. The lowest BCUT2D eigenvalue weighted by molar-refractivity contribution is 0.400. The van der Waals surface area contributed by atoms with Crippen molar-refractivity contribution in [3.8, 4) is 0 Å². The molecular formula is C16H30N4S. The molecule has 5 heteroatoms. The predicted molar refractivity (Wildman–Crippen MR) is 92.5 cm³/mol. The third-order valence-corrected chi connectivity index (χ3v) is 5.35. The zero-order valence-corrected chi connectivity index (χ0v) is 14.8. The summed E-state index contributed by atoms with van der Waals surface area (Å²) in [6.45, 7) is 8.76. The molecule has 2 rings (SSSR count). The third kappa shape index (κ3) is 4.41. The van der Waals surface area contributed by atoms with Crippen LogP contribution < -0.4 is 10.2 Å². The van der Waals surface area contributed by atoms with Gasteiger partial charge in [-0.1, -0.05) is 18.3 Å². The van der Waals surface area contributed by atoms with E-state index in [0.717, 1.165) is 32.6 Å². The van der Waals surface area contributed by atoms with Crippen molar-refractivity contribution >= 4 is 16.5 Å². The van der Waals surface area contributed by atoms with Crippen LogP contribution in [-0.2, 0) is 6.42 Å². The molecule has 0 aliphatic heterocycles. The minimum atomic E-state index is 0.533. The van der Waals surface area contributed by atoms with Gasteiger partial charge in [-0.25, -0.2) is 4.98 Å². The molecule has 0 saturated carbocycles. The van der Waals surface area contributed by atoms with Crippen LogP contribution in [0.3, 0.4) is 0 Å². The molecule has 0 fully saturated rings. The predicted octanol–water partition coefficient (Wildman–Crippen LogP) is 2.91. The summed E-state index contributed by atoms with van der Waals surface area (Å²) in [7, 11) is 4.28. The Labute approximate surface area is 133 Å². The Bertz CT molecular complexity index is 430. The Morgan fingerprint density at radius 2 is 2.10 bits per heavy atom. The zero-order valence-electron chi connectivity index (χ0n) is 14.0. The number of nitrogens with zero attached hydrogens (tertiary/aromatic N) is 3. The normalized spacial score (nSPS) is 18.0. The molecule has 4 nitrogen and oxygen atoms in total. The van der Waals surface area contributed by atoms with Crippen LogP contribution in [0.1, 0.15) is 49.7 Å². The number of hydrogen-bond donors (Lipinski definition) is 1. The number of anilines is 1. The van der Waals surface area contributed by atoms with Crippen molar-refractivity contribution in [3.05, 3.63) is 10.6 Å². The van der Waals surface area contributed by atoms with Gasteiger partial charge in [0.05, 0.1) is 5.69 Å². The van der Waals surface area contributed by atoms with Crippen LogP contribution in [-0.4, -0.2) is 50.2 Å². The number of rotatable bonds is 8. The number of aromatic nitrogens is 1. The van der Waals surface area contributed by atoms with E-state index in [2.05, 4.69) is 43.1 Å². The van der Waals surface area contributed by atoms with E-state index >= 15 is 0 Å². The monoisotopic (exact) mass is 310 g/mol. The number of fused-ring (bicyclic) bond motifs is 1. The second-order valence-electron chi connectivity index (χ2n) is 6.05. The van der Waals surface area contributed by atoms with E-state index in [9.17, 15) is 0 Å². The van der Waals surface area contributed by atoms with E-state index in [1.165, 1.54) is 35.0 Å². The maximum Gasteiger partial charge on any atom is 0.185 e. The number of nitrogens with one attached hydrogen (secondary N) is 1. The highest BCUT2D eigenvalue weighted by Gasteiger charge is 2.25. The molecule has 1 aromatic heterocycles. The summed E-state index contributed by atoms with van der Waals surface area (Å²) in [4.78, 5) is 11.1. The summed E-state index contributed by atoms with van der Waals surface area (Å²) in [5, 5.41) is 4.84. The van der Waals surface area contributed by atoms with Gasteiger partial charge in [0.1, 0.15) is 0 Å². The lowest BCUT2D eigenvalue weighted by atomic mass is 9.98. The summed E-state index contributed by atoms with van der Waals surface area (Å²) in [6, 6.07) is 0.533. The minimum Gasteiger partial charge on any atom is -0.348 e. The summed E-state index contributed by atoms with van der Waals surface area (Å²) in [5.74, 6) is 0. The smallest absolute Gasteiger partial charge is 0.185 e. The first-order chi connectivity index (χ1) is 10.2. The van der Waals surface area contributed by atoms with Crippen molar-refractivity contribution in [3.63, 3.8) is 0 Å². The maximum absolute atomic E-state index is 4.94. The van der Waals surface area contributed by atoms with Gasteiger partial charge in [-0.3, -0.25) is 0 Å². The molecule has 21 heavy (non-hydrogen) atoms. The highest BCUT2D eigenvalue weighted by molar-refractivity contribution is 7.15. The number of hydrogen-bond acceptors (Lipinski definition) is 5. The summed E-state index contributed by atoms with van der Waals surface area (Å²) in [5.41, 5.74) is 1.35. The van der Waals surface area contributed by atoms with Crippen LogP contribution in [0.5, 0.6) is 0 Å². The minimum absolute atomic E-state index is 0.533. The van der Waals surface area contributed by atoms with Crippen molar-refractivity contribution in [1.29, 1.82) is 0 Å². The molecule has 1 aliphatic rings. The van der Waals surface area contributed by atoms with Crippen molar-refractivity contribution in [2.75, 3.05) is 45.2 Å². The summed E-state index contributed by atoms with van der Waals surface area (Å²) in [6.07, 6.45) is 4.88. The number of thiazole rings is 1. The average molecular weight is 311 g/mol. The number of aryl methyl sites for hydroxylation is 1. The molecule has 1 N–H and O–H groups in total. The zero-order chi connectivity index (χ0) is 15.2. The molecule has 0 radical (unpaired) electrons. The van der Waals surface area contributed by atoms with Gasteiger partial charge in [0, 0.05) is 24.0 Å². The summed E-state index contributed by atoms with van der Waals surface area (Å²) >= 11 is 1.91. The quantitative estimate of drug-likeness (QED) is 0.800. The highest BCUT2D eigenvalue weighted by atomic mass is 32.1. The largest absolute Gasteiger partial charge is 0.348 e.